The summed E-state index contributed by atoms with van der Waals surface area (Å²) in [6.07, 6.45) is 0. The lowest BCUT2D eigenvalue weighted by molar-refractivity contribution is 0.0724. The fraction of sp³-hybridized carbons (Fsp3) is 0.278. The first-order chi connectivity index (χ1) is 10.7. The van der Waals surface area contributed by atoms with Crippen LogP contribution in [-0.4, -0.2) is 19.2 Å². The van der Waals surface area contributed by atoms with Crippen molar-refractivity contribution in [2.75, 3.05) is 13.2 Å². The van der Waals surface area contributed by atoms with Crippen LogP contribution in [0.4, 0.5) is 0 Å². The van der Waals surface area contributed by atoms with Crippen LogP contribution in [-0.2, 0) is 0 Å². The van der Waals surface area contributed by atoms with Gasteiger partial charge in [0.05, 0.1) is 13.2 Å². The molecule has 0 amide bonds. The molecule has 0 aliphatic carbocycles. The Balaban J connectivity index is 2.26. The lowest BCUT2D eigenvalue weighted by atomic mass is 10.2. The predicted octanol–water partition coefficient (Wildman–Crippen LogP) is 4.01. The van der Waals surface area contributed by atoms with Gasteiger partial charge >= 0.3 is 5.97 Å². The van der Waals surface area contributed by atoms with Crippen molar-refractivity contribution >= 4 is 5.97 Å². The second-order valence-electron chi connectivity index (χ2n) is 4.70. The van der Waals surface area contributed by atoms with E-state index in [0.29, 0.717) is 36.0 Å². The van der Waals surface area contributed by atoms with Crippen molar-refractivity contribution in [3.8, 4) is 17.2 Å². The quantitative estimate of drug-likeness (QED) is 0.597. The zero-order valence-electron chi connectivity index (χ0n) is 13.1. The van der Waals surface area contributed by atoms with E-state index >= 15 is 0 Å². The Morgan fingerprint density at radius 2 is 1.59 bits per heavy atom. The normalized spacial score (nSPS) is 10.1. The van der Waals surface area contributed by atoms with E-state index in [1.807, 2.05) is 39.0 Å². The van der Waals surface area contributed by atoms with Crippen LogP contribution in [0.1, 0.15) is 29.8 Å². The fourth-order valence-electron chi connectivity index (χ4n) is 2.04. The van der Waals surface area contributed by atoms with Gasteiger partial charge in [-0.15, -0.1) is 0 Å². The summed E-state index contributed by atoms with van der Waals surface area (Å²) in [6.45, 7) is 6.70. The summed E-state index contributed by atoms with van der Waals surface area (Å²) < 4.78 is 16.5. The number of esters is 1. The molecule has 0 aliphatic rings. The molecule has 4 heteroatoms. The van der Waals surface area contributed by atoms with Crippen LogP contribution in [0.25, 0.3) is 0 Å². The number of ether oxygens (including phenoxy) is 3. The number of aryl methyl sites for hydroxylation is 1. The van der Waals surface area contributed by atoms with E-state index in [9.17, 15) is 4.79 Å². The number of carbonyl (C=O) groups excluding carboxylic acids is 1. The molecule has 4 nitrogen and oxygen atoms in total. The van der Waals surface area contributed by atoms with Gasteiger partial charge in [-0.3, -0.25) is 0 Å². The average Bonchev–Trinajstić information content (AvgIpc) is 2.51. The molecule has 2 rings (SSSR count). The van der Waals surface area contributed by atoms with E-state index in [2.05, 4.69) is 0 Å². The van der Waals surface area contributed by atoms with Crippen LogP contribution in [0.2, 0.25) is 0 Å². The van der Waals surface area contributed by atoms with Gasteiger partial charge in [0.25, 0.3) is 0 Å². The maximum absolute atomic E-state index is 12.4. The third kappa shape index (κ3) is 3.79. The predicted molar refractivity (Wildman–Crippen MR) is 84.9 cm³/mol. The third-order valence-electron chi connectivity index (χ3n) is 3.01. The van der Waals surface area contributed by atoms with Crippen molar-refractivity contribution in [1.29, 1.82) is 0 Å². The first-order valence-electron chi connectivity index (χ1n) is 7.33. The average molecular weight is 300 g/mol. The molecule has 0 saturated heterocycles. The van der Waals surface area contributed by atoms with Crippen molar-refractivity contribution in [2.24, 2.45) is 0 Å². The molecule has 2 aromatic rings. The lowest BCUT2D eigenvalue weighted by Crippen LogP contribution is -2.11. The van der Waals surface area contributed by atoms with Crippen LogP contribution in [0, 0.1) is 6.92 Å². The number of hydrogen-bond acceptors (Lipinski definition) is 4. The minimum Gasteiger partial charge on any atom is -0.493 e. The first kappa shape index (κ1) is 15.9. The van der Waals surface area contributed by atoms with Gasteiger partial charge in [-0.25, -0.2) is 4.79 Å². The van der Waals surface area contributed by atoms with Gasteiger partial charge < -0.3 is 14.2 Å². The van der Waals surface area contributed by atoms with Gasteiger partial charge in [-0.1, -0.05) is 18.2 Å². The topological polar surface area (TPSA) is 44.8 Å². The molecule has 0 heterocycles. The van der Waals surface area contributed by atoms with Gasteiger partial charge in [0.1, 0.15) is 11.3 Å². The van der Waals surface area contributed by atoms with E-state index in [1.165, 1.54) is 0 Å². The van der Waals surface area contributed by atoms with E-state index < -0.39 is 5.97 Å². The largest absolute Gasteiger partial charge is 0.493 e. The molecule has 0 fully saturated rings. The molecule has 0 bridgehead atoms. The number of carbonyl (C=O) groups is 1. The molecule has 0 saturated carbocycles. The molecule has 22 heavy (non-hydrogen) atoms. The standard InChI is InChI=1S/C18H20O4/c1-4-20-15-9-7-6-8-14(15)18(19)22-16-11-10-13(3)12-17(16)21-5-2/h6-12H,4-5H2,1-3H3. The van der Waals surface area contributed by atoms with Crippen LogP contribution in [0.5, 0.6) is 17.2 Å². The van der Waals surface area contributed by atoms with E-state index in [1.54, 1.807) is 24.3 Å². The smallest absolute Gasteiger partial charge is 0.347 e. The highest BCUT2D eigenvalue weighted by Gasteiger charge is 2.16. The van der Waals surface area contributed by atoms with Gasteiger partial charge in [0.15, 0.2) is 11.5 Å². The summed E-state index contributed by atoms with van der Waals surface area (Å²) in [6, 6.07) is 12.5. The molecule has 0 spiro atoms. The van der Waals surface area contributed by atoms with Crippen LogP contribution in [0.3, 0.4) is 0 Å². The molecule has 0 aliphatic heterocycles. The monoisotopic (exact) mass is 300 g/mol. The number of hydrogen-bond donors (Lipinski definition) is 0. The van der Waals surface area contributed by atoms with Crippen molar-refractivity contribution in [1.82, 2.24) is 0 Å². The number of benzene rings is 2. The highest BCUT2D eigenvalue weighted by molar-refractivity contribution is 5.94. The van der Waals surface area contributed by atoms with E-state index in [0.717, 1.165) is 5.56 Å². The maximum Gasteiger partial charge on any atom is 0.347 e. The van der Waals surface area contributed by atoms with Crippen molar-refractivity contribution in [3.63, 3.8) is 0 Å². The molecule has 0 radical (unpaired) electrons. The summed E-state index contributed by atoms with van der Waals surface area (Å²) >= 11 is 0. The zero-order chi connectivity index (χ0) is 15.9. The summed E-state index contributed by atoms with van der Waals surface area (Å²) in [5, 5.41) is 0. The summed E-state index contributed by atoms with van der Waals surface area (Å²) in [7, 11) is 0. The molecule has 0 aromatic heterocycles. The Kier molecular flexibility index (Phi) is 5.42. The van der Waals surface area contributed by atoms with E-state index in [-0.39, 0.29) is 0 Å². The molecule has 0 N–H and O–H groups in total. The minimum absolute atomic E-state index is 0.396. The number of para-hydroxylation sites is 1. The van der Waals surface area contributed by atoms with Crippen LogP contribution >= 0.6 is 0 Å². The second kappa shape index (κ2) is 7.50. The van der Waals surface area contributed by atoms with Gasteiger partial charge in [0, 0.05) is 0 Å². The Labute approximate surface area is 130 Å². The van der Waals surface area contributed by atoms with Crippen molar-refractivity contribution < 1.29 is 19.0 Å². The summed E-state index contributed by atoms with van der Waals surface area (Å²) in [4.78, 5) is 12.4. The SMILES string of the molecule is CCOc1cc(C)ccc1OC(=O)c1ccccc1OCC. The van der Waals surface area contributed by atoms with Gasteiger partial charge in [-0.05, 0) is 50.6 Å². The lowest BCUT2D eigenvalue weighted by Gasteiger charge is -2.13. The molecular weight excluding hydrogens is 280 g/mol. The van der Waals surface area contributed by atoms with Crippen molar-refractivity contribution in [2.45, 2.75) is 20.8 Å². The second-order valence-corrected chi connectivity index (χ2v) is 4.70. The Hall–Kier alpha value is -2.49. The Bertz CT molecular complexity index is 649. The highest BCUT2D eigenvalue weighted by atomic mass is 16.6. The first-order valence-corrected chi connectivity index (χ1v) is 7.33. The van der Waals surface area contributed by atoms with Gasteiger partial charge in [-0.2, -0.15) is 0 Å². The molecule has 116 valence electrons. The molecular formula is C18H20O4. The minimum atomic E-state index is -0.464. The zero-order valence-corrected chi connectivity index (χ0v) is 13.1. The third-order valence-corrected chi connectivity index (χ3v) is 3.01. The van der Waals surface area contributed by atoms with E-state index in [4.69, 9.17) is 14.2 Å². The highest BCUT2D eigenvalue weighted by Crippen LogP contribution is 2.30. The van der Waals surface area contributed by atoms with Gasteiger partial charge in [0.2, 0.25) is 0 Å². The van der Waals surface area contributed by atoms with Crippen molar-refractivity contribution in [3.05, 3.63) is 53.6 Å². The Morgan fingerprint density at radius 1 is 0.909 bits per heavy atom. The summed E-state index contributed by atoms with van der Waals surface area (Å²) in [5.41, 5.74) is 1.44. The molecule has 2 aromatic carbocycles. The number of rotatable bonds is 6. The fourth-order valence-corrected chi connectivity index (χ4v) is 2.04. The molecule has 0 unspecified atom stereocenters. The maximum atomic E-state index is 12.4. The van der Waals surface area contributed by atoms with Crippen LogP contribution < -0.4 is 14.2 Å². The Morgan fingerprint density at radius 3 is 2.32 bits per heavy atom. The molecule has 0 atom stereocenters. The van der Waals surface area contributed by atoms with Crippen LogP contribution in [0.15, 0.2) is 42.5 Å². The summed E-state index contributed by atoms with van der Waals surface area (Å²) in [5.74, 6) is 1.02.